The lowest BCUT2D eigenvalue weighted by molar-refractivity contribution is 0.0683. The summed E-state index contributed by atoms with van der Waals surface area (Å²) in [5.41, 5.74) is 0.376. The van der Waals surface area contributed by atoms with E-state index >= 15 is 0 Å². The first-order valence-electron chi connectivity index (χ1n) is 5.04. The molecule has 90 valence electrons. The van der Waals surface area contributed by atoms with Crippen molar-refractivity contribution >= 4 is 5.97 Å². The van der Waals surface area contributed by atoms with Gasteiger partial charge in [-0.2, -0.15) is 4.98 Å². The van der Waals surface area contributed by atoms with Gasteiger partial charge >= 0.3 is 11.9 Å². The molecular formula is C11H11NO5. The molecule has 2 aromatic heterocycles. The average molecular weight is 237 g/mol. The number of oxazole rings is 1. The highest BCUT2D eigenvalue weighted by molar-refractivity contribution is 5.88. The van der Waals surface area contributed by atoms with Crippen molar-refractivity contribution in [3.63, 3.8) is 0 Å². The maximum atomic E-state index is 10.9. The van der Waals surface area contributed by atoms with Gasteiger partial charge in [0.2, 0.25) is 11.6 Å². The zero-order chi connectivity index (χ0) is 12.4. The standard InChI is InChI=1S/C11H11NO5/c1-3-15-11-8(10(13)14)12-9(17-11)7-4-5-16-6(7)2/h4-5H,3H2,1-2H3,(H,13,14). The van der Waals surface area contributed by atoms with E-state index in [1.54, 1.807) is 19.9 Å². The molecule has 0 saturated carbocycles. The monoisotopic (exact) mass is 237 g/mol. The molecule has 0 aromatic carbocycles. The summed E-state index contributed by atoms with van der Waals surface area (Å²) in [4.78, 5) is 14.8. The van der Waals surface area contributed by atoms with Gasteiger partial charge in [-0.05, 0) is 19.9 Å². The zero-order valence-corrected chi connectivity index (χ0v) is 9.39. The minimum absolute atomic E-state index is 0.0874. The highest BCUT2D eigenvalue weighted by atomic mass is 16.6. The van der Waals surface area contributed by atoms with Crippen LogP contribution in [-0.2, 0) is 0 Å². The number of hydrogen-bond donors (Lipinski definition) is 1. The fourth-order valence-corrected chi connectivity index (χ4v) is 1.39. The first kappa shape index (κ1) is 11.3. The topological polar surface area (TPSA) is 85.7 Å². The molecule has 0 unspecified atom stereocenters. The molecule has 0 aliphatic heterocycles. The van der Waals surface area contributed by atoms with Gasteiger partial charge in [0.15, 0.2) is 0 Å². The Morgan fingerprint density at radius 3 is 2.88 bits per heavy atom. The Hall–Kier alpha value is -2.24. The third-order valence-corrected chi connectivity index (χ3v) is 2.16. The summed E-state index contributed by atoms with van der Waals surface area (Å²) in [5.74, 6) is -0.497. The van der Waals surface area contributed by atoms with Gasteiger partial charge in [-0.15, -0.1) is 0 Å². The predicted octanol–water partition coefficient (Wildman–Crippen LogP) is 2.34. The Morgan fingerprint density at radius 2 is 2.35 bits per heavy atom. The summed E-state index contributed by atoms with van der Waals surface area (Å²) in [5, 5.41) is 8.95. The Balaban J connectivity index is 2.47. The number of carboxylic acid groups (broad SMARTS) is 1. The second-order valence-electron chi connectivity index (χ2n) is 3.28. The third kappa shape index (κ3) is 2.01. The summed E-state index contributed by atoms with van der Waals surface area (Å²) in [6.45, 7) is 3.77. The normalized spacial score (nSPS) is 10.5. The lowest BCUT2D eigenvalue weighted by atomic mass is 10.3. The van der Waals surface area contributed by atoms with Crippen molar-refractivity contribution in [3.05, 3.63) is 23.8 Å². The van der Waals surface area contributed by atoms with E-state index in [0.29, 0.717) is 17.9 Å². The maximum absolute atomic E-state index is 10.9. The largest absolute Gasteiger partial charge is 0.476 e. The molecule has 0 spiro atoms. The summed E-state index contributed by atoms with van der Waals surface area (Å²) >= 11 is 0. The third-order valence-electron chi connectivity index (χ3n) is 2.16. The molecule has 0 bridgehead atoms. The molecule has 17 heavy (non-hydrogen) atoms. The smallest absolute Gasteiger partial charge is 0.362 e. The van der Waals surface area contributed by atoms with Crippen LogP contribution in [0.1, 0.15) is 23.2 Å². The van der Waals surface area contributed by atoms with Crippen molar-refractivity contribution in [3.8, 4) is 17.4 Å². The Kier molecular flexibility index (Phi) is 2.86. The van der Waals surface area contributed by atoms with Gasteiger partial charge in [-0.25, -0.2) is 4.79 Å². The highest BCUT2D eigenvalue weighted by Crippen LogP contribution is 2.29. The first-order valence-corrected chi connectivity index (χ1v) is 5.04. The van der Waals surface area contributed by atoms with Crippen molar-refractivity contribution in [2.45, 2.75) is 13.8 Å². The van der Waals surface area contributed by atoms with E-state index in [9.17, 15) is 4.79 Å². The Morgan fingerprint density at radius 1 is 1.59 bits per heavy atom. The van der Waals surface area contributed by atoms with E-state index in [2.05, 4.69) is 4.98 Å². The summed E-state index contributed by atoms with van der Waals surface area (Å²) in [6, 6.07) is 1.66. The van der Waals surface area contributed by atoms with Crippen LogP contribution in [0, 0.1) is 6.92 Å². The minimum Gasteiger partial charge on any atom is -0.476 e. The predicted molar refractivity (Wildman–Crippen MR) is 57.1 cm³/mol. The molecule has 6 nitrogen and oxygen atoms in total. The van der Waals surface area contributed by atoms with Crippen LogP contribution in [0.4, 0.5) is 0 Å². The molecule has 0 saturated heterocycles. The van der Waals surface area contributed by atoms with Gasteiger partial charge in [-0.3, -0.25) is 0 Å². The molecule has 0 fully saturated rings. The van der Waals surface area contributed by atoms with Gasteiger partial charge in [0.05, 0.1) is 18.4 Å². The number of rotatable bonds is 4. The lowest BCUT2D eigenvalue weighted by Gasteiger charge is -1.96. The number of nitrogens with zero attached hydrogens (tertiary/aromatic N) is 1. The Labute approximate surface area is 96.8 Å². The van der Waals surface area contributed by atoms with Crippen LogP contribution < -0.4 is 4.74 Å². The second-order valence-corrected chi connectivity index (χ2v) is 3.28. The lowest BCUT2D eigenvalue weighted by Crippen LogP contribution is -2.01. The van der Waals surface area contributed by atoms with Crippen molar-refractivity contribution in [2.24, 2.45) is 0 Å². The van der Waals surface area contributed by atoms with Crippen LogP contribution in [0.2, 0.25) is 0 Å². The van der Waals surface area contributed by atoms with E-state index in [0.717, 1.165) is 0 Å². The van der Waals surface area contributed by atoms with E-state index in [4.69, 9.17) is 18.7 Å². The number of furan rings is 1. The van der Waals surface area contributed by atoms with Gasteiger partial charge in [0, 0.05) is 0 Å². The number of carboxylic acids is 1. The van der Waals surface area contributed by atoms with E-state index in [1.165, 1.54) is 6.26 Å². The fourth-order valence-electron chi connectivity index (χ4n) is 1.39. The van der Waals surface area contributed by atoms with Crippen LogP contribution in [-0.4, -0.2) is 22.7 Å². The number of carbonyl (C=O) groups is 1. The summed E-state index contributed by atoms with van der Waals surface area (Å²) in [7, 11) is 0. The molecule has 0 radical (unpaired) electrons. The molecule has 1 N–H and O–H groups in total. The van der Waals surface area contributed by atoms with E-state index < -0.39 is 5.97 Å². The highest BCUT2D eigenvalue weighted by Gasteiger charge is 2.23. The Bertz CT molecular complexity index is 540. The van der Waals surface area contributed by atoms with E-state index in [1.807, 2.05) is 0 Å². The van der Waals surface area contributed by atoms with Gasteiger partial charge in [0.1, 0.15) is 5.76 Å². The number of aromatic carboxylic acids is 1. The minimum atomic E-state index is -1.19. The van der Waals surface area contributed by atoms with Crippen LogP contribution in [0.3, 0.4) is 0 Å². The molecular weight excluding hydrogens is 226 g/mol. The van der Waals surface area contributed by atoms with E-state index in [-0.39, 0.29) is 17.5 Å². The van der Waals surface area contributed by atoms with Crippen molar-refractivity contribution in [1.29, 1.82) is 0 Å². The van der Waals surface area contributed by atoms with Gasteiger partial charge in [0.25, 0.3) is 0 Å². The molecule has 0 atom stereocenters. The number of hydrogen-bond acceptors (Lipinski definition) is 5. The first-order chi connectivity index (χ1) is 8.13. The van der Waals surface area contributed by atoms with Crippen LogP contribution in [0.25, 0.3) is 11.5 Å². The van der Waals surface area contributed by atoms with Crippen molar-refractivity contribution in [1.82, 2.24) is 4.98 Å². The fraction of sp³-hybridized carbons (Fsp3) is 0.273. The SMILES string of the molecule is CCOc1oc(-c2ccoc2C)nc1C(=O)O. The average Bonchev–Trinajstić information content (AvgIpc) is 2.84. The molecule has 2 aromatic rings. The summed E-state index contributed by atoms with van der Waals surface area (Å²) < 4.78 is 15.4. The number of aromatic nitrogens is 1. The summed E-state index contributed by atoms with van der Waals surface area (Å²) in [6.07, 6.45) is 1.48. The maximum Gasteiger partial charge on any atom is 0.362 e. The molecule has 0 amide bonds. The molecule has 2 heterocycles. The molecule has 0 aliphatic carbocycles. The second kappa shape index (κ2) is 4.32. The van der Waals surface area contributed by atoms with Crippen LogP contribution >= 0.6 is 0 Å². The molecule has 0 aliphatic rings. The van der Waals surface area contributed by atoms with Crippen LogP contribution in [0.15, 0.2) is 21.2 Å². The molecule has 6 heteroatoms. The zero-order valence-electron chi connectivity index (χ0n) is 9.39. The van der Waals surface area contributed by atoms with Crippen molar-refractivity contribution < 1.29 is 23.5 Å². The van der Waals surface area contributed by atoms with Crippen LogP contribution in [0.5, 0.6) is 5.95 Å². The van der Waals surface area contributed by atoms with Gasteiger partial charge < -0.3 is 18.7 Å². The molecule has 2 rings (SSSR count). The number of aryl methyl sites for hydroxylation is 1. The number of ether oxygens (including phenoxy) is 1. The van der Waals surface area contributed by atoms with Crippen molar-refractivity contribution in [2.75, 3.05) is 6.61 Å². The quantitative estimate of drug-likeness (QED) is 0.878. The van der Waals surface area contributed by atoms with Gasteiger partial charge in [-0.1, -0.05) is 0 Å².